The second-order valence-corrected chi connectivity index (χ2v) is 10.3. The lowest BCUT2D eigenvalue weighted by molar-refractivity contribution is 0.0277. The molecular formula is C27H28FN9OS. The van der Waals surface area contributed by atoms with Crippen LogP contribution in [0.15, 0.2) is 77.0 Å². The molecule has 0 amide bonds. The molecule has 6 rings (SSSR count). The molecule has 1 atom stereocenters. The average molecular weight is 546 g/mol. The number of piperazine rings is 1. The van der Waals surface area contributed by atoms with Gasteiger partial charge in [-0.3, -0.25) is 0 Å². The van der Waals surface area contributed by atoms with Gasteiger partial charge in [-0.2, -0.15) is 4.98 Å². The maximum absolute atomic E-state index is 13.9. The first-order valence-electron chi connectivity index (χ1n) is 12.8. The van der Waals surface area contributed by atoms with Crippen molar-refractivity contribution in [3.8, 4) is 0 Å². The van der Waals surface area contributed by atoms with Gasteiger partial charge in [0.05, 0.1) is 12.7 Å². The van der Waals surface area contributed by atoms with E-state index in [1.165, 1.54) is 24.2 Å². The SMILES string of the molecule is Fc1ccccc1Sc1cnc(N2CCN(c3ncnc(Nc4ccc(C5CNCCO5)cc4)n3)CC2)nc1. The van der Waals surface area contributed by atoms with Crippen LogP contribution in [0.1, 0.15) is 11.7 Å². The van der Waals surface area contributed by atoms with Crippen molar-refractivity contribution in [3.63, 3.8) is 0 Å². The molecule has 0 saturated carbocycles. The van der Waals surface area contributed by atoms with Crippen molar-refractivity contribution in [2.24, 2.45) is 0 Å². The third-order valence-electron chi connectivity index (χ3n) is 6.55. The normalized spacial score (nSPS) is 17.7. The topological polar surface area (TPSA) is 104 Å². The van der Waals surface area contributed by atoms with E-state index < -0.39 is 0 Å². The number of nitrogens with zero attached hydrogens (tertiary/aromatic N) is 7. The molecule has 0 spiro atoms. The first kappa shape index (κ1) is 25.4. The number of rotatable bonds is 7. The third-order valence-corrected chi connectivity index (χ3v) is 7.55. The molecule has 1 unspecified atom stereocenters. The lowest BCUT2D eigenvalue weighted by Crippen LogP contribution is -2.47. The minimum Gasteiger partial charge on any atom is -0.371 e. The number of halogens is 1. The van der Waals surface area contributed by atoms with Crippen molar-refractivity contribution >= 4 is 35.3 Å². The van der Waals surface area contributed by atoms with Crippen LogP contribution in [0.3, 0.4) is 0 Å². The Morgan fingerprint density at radius 3 is 2.36 bits per heavy atom. The smallest absolute Gasteiger partial charge is 0.231 e. The minimum atomic E-state index is -0.250. The minimum absolute atomic E-state index is 0.0799. The van der Waals surface area contributed by atoms with E-state index in [-0.39, 0.29) is 11.9 Å². The van der Waals surface area contributed by atoms with Crippen LogP contribution in [-0.2, 0) is 4.74 Å². The summed E-state index contributed by atoms with van der Waals surface area (Å²) < 4.78 is 19.8. The molecule has 2 saturated heterocycles. The van der Waals surface area contributed by atoms with E-state index in [9.17, 15) is 4.39 Å². The van der Waals surface area contributed by atoms with Gasteiger partial charge in [-0.15, -0.1) is 0 Å². The summed E-state index contributed by atoms with van der Waals surface area (Å²) in [4.78, 5) is 28.0. The van der Waals surface area contributed by atoms with Gasteiger partial charge >= 0.3 is 0 Å². The Labute approximate surface area is 230 Å². The Kier molecular flexibility index (Phi) is 7.75. The fourth-order valence-electron chi connectivity index (χ4n) is 4.48. The van der Waals surface area contributed by atoms with Crippen LogP contribution < -0.4 is 20.4 Å². The van der Waals surface area contributed by atoms with E-state index in [0.29, 0.717) is 22.7 Å². The summed E-state index contributed by atoms with van der Waals surface area (Å²) >= 11 is 1.31. The standard InChI is InChI=1S/C27H28FN9OS/c28-22-3-1-2-4-24(22)39-21-15-30-26(31-16-21)36-10-12-37(13-11-36)27-33-18-32-25(35-27)34-20-7-5-19(6-8-20)23-17-29-9-14-38-23/h1-8,15-16,18,23,29H,9-14,17H2,(H,32,33,34,35). The van der Waals surface area contributed by atoms with Crippen LogP contribution in [0.2, 0.25) is 0 Å². The molecule has 0 bridgehead atoms. The quantitative estimate of drug-likeness (QED) is 0.355. The summed E-state index contributed by atoms with van der Waals surface area (Å²) in [6.07, 6.45) is 5.08. The highest BCUT2D eigenvalue weighted by molar-refractivity contribution is 7.99. The van der Waals surface area contributed by atoms with Crippen LogP contribution in [0.5, 0.6) is 0 Å². The lowest BCUT2D eigenvalue weighted by atomic mass is 10.1. The number of aromatic nitrogens is 5. The number of hydrogen-bond donors (Lipinski definition) is 2. The van der Waals surface area contributed by atoms with Crippen LogP contribution in [0.25, 0.3) is 0 Å². The number of hydrogen-bond acceptors (Lipinski definition) is 11. The summed E-state index contributed by atoms with van der Waals surface area (Å²) in [5.74, 6) is 1.53. The first-order valence-corrected chi connectivity index (χ1v) is 13.7. The second-order valence-electron chi connectivity index (χ2n) is 9.14. The summed E-state index contributed by atoms with van der Waals surface area (Å²) in [7, 11) is 0. The molecule has 12 heteroatoms. The Morgan fingerprint density at radius 2 is 1.64 bits per heavy atom. The molecule has 39 heavy (non-hydrogen) atoms. The van der Waals surface area contributed by atoms with Crippen LogP contribution in [0, 0.1) is 5.82 Å². The van der Waals surface area contributed by atoms with Crippen LogP contribution >= 0.6 is 11.8 Å². The maximum Gasteiger partial charge on any atom is 0.231 e. The molecule has 4 heterocycles. The van der Waals surface area contributed by atoms with Gasteiger partial charge in [-0.25, -0.2) is 24.3 Å². The number of benzene rings is 2. The number of anilines is 4. The van der Waals surface area contributed by atoms with Crippen molar-refractivity contribution < 1.29 is 9.13 Å². The van der Waals surface area contributed by atoms with Gasteiger partial charge in [-0.05, 0) is 29.8 Å². The zero-order valence-corrected chi connectivity index (χ0v) is 22.0. The lowest BCUT2D eigenvalue weighted by Gasteiger charge is -2.34. The van der Waals surface area contributed by atoms with Crippen LogP contribution in [-0.4, -0.2) is 70.8 Å². The van der Waals surface area contributed by atoms with Crippen molar-refractivity contribution in [1.82, 2.24) is 30.2 Å². The maximum atomic E-state index is 13.9. The predicted octanol–water partition coefficient (Wildman–Crippen LogP) is 3.68. The van der Waals surface area contributed by atoms with Crippen molar-refractivity contribution in [2.75, 3.05) is 61.0 Å². The fourth-order valence-corrected chi connectivity index (χ4v) is 5.25. The largest absolute Gasteiger partial charge is 0.371 e. The molecule has 2 aromatic carbocycles. The number of nitrogens with one attached hydrogen (secondary N) is 2. The molecule has 10 nitrogen and oxygen atoms in total. The Bertz CT molecular complexity index is 1380. The second kappa shape index (κ2) is 11.9. The van der Waals surface area contributed by atoms with Gasteiger partial charge in [0, 0.05) is 67.1 Å². The highest BCUT2D eigenvalue weighted by Gasteiger charge is 2.21. The number of morpholine rings is 1. The molecule has 0 aliphatic carbocycles. The highest BCUT2D eigenvalue weighted by atomic mass is 32.2. The average Bonchev–Trinajstić information content (AvgIpc) is 3.00. The van der Waals surface area contributed by atoms with Gasteiger partial charge in [0.1, 0.15) is 12.1 Å². The summed E-state index contributed by atoms with van der Waals surface area (Å²) in [6, 6.07) is 14.8. The zero-order chi connectivity index (χ0) is 26.4. The van der Waals surface area contributed by atoms with E-state index in [4.69, 9.17) is 4.74 Å². The molecule has 4 aromatic rings. The fraction of sp³-hybridized carbons (Fsp3) is 0.296. The van der Waals surface area contributed by atoms with E-state index in [1.807, 2.05) is 18.2 Å². The zero-order valence-electron chi connectivity index (χ0n) is 21.2. The van der Waals surface area contributed by atoms with Crippen molar-refractivity contribution in [1.29, 1.82) is 0 Å². The van der Waals surface area contributed by atoms with E-state index in [2.05, 4.69) is 57.5 Å². The Morgan fingerprint density at radius 1 is 0.897 bits per heavy atom. The first-order chi connectivity index (χ1) is 19.2. The molecule has 2 aliphatic heterocycles. The summed E-state index contributed by atoms with van der Waals surface area (Å²) in [6.45, 7) is 5.35. The molecule has 2 aromatic heterocycles. The van der Waals surface area contributed by atoms with Crippen LogP contribution in [0.4, 0.5) is 27.9 Å². The van der Waals surface area contributed by atoms with Gasteiger partial charge in [0.2, 0.25) is 17.8 Å². The molecule has 2 fully saturated rings. The monoisotopic (exact) mass is 545 g/mol. The van der Waals surface area contributed by atoms with Gasteiger partial charge in [-0.1, -0.05) is 36.0 Å². The van der Waals surface area contributed by atoms with E-state index in [1.54, 1.807) is 24.5 Å². The number of ether oxygens (including phenoxy) is 1. The third kappa shape index (κ3) is 6.24. The van der Waals surface area contributed by atoms with Gasteiger partial charge < -0.3 is 25.2 Å². The molecule has 2 N–H and O–H groups in total. The molecular weight excluding hydrogens is 517 g/mol. The van der Waals surface area contributed by atoms with Gasteiger partial charge in [0.15, 0.2) is 0 Å². The summed E-state index contributed by atoms with van der Waals surface area (Å²) in [5.41, 5.74) is 2.04. The van der Waals surface area contributed by atoms with Gasteiger partial charge in [0.25, 0.3) is 0 Å². The molecule has 2 aliphatic rings. The van der Waals surface area contributed by atoms with Crippen molar-refractivity contribution in [2.45, 2.75) is 15.9 Å². The van der Waals surface area contributed by atoms with E-state index in [0.717, 1.165) is 62.0 Å². The van der Waals surface area contributed by atoms with Crippen molar-refractivity contribution in [3.05, 3.63) is 78.6 Å². The predicted molar refractivity (Wildman–Crippen MR) is 148 cm³/mol. The Balaban J connectivity index is 1.03. The highest BCUT2D eigenvalue weighted by Crippen LogP contribution is 2.29. The Hall–Kier alpha value is -3.87. The molecule has 0 radical (unpaired) electrons. The van der Waals surface area contributed by atoms with E-state index >= 15 is 0 Å². The summed E-state index contributed by atoms with van der Waals surface area (Å²) in [5, 5.41) is 6.63. The molecule has 200 valence electrons.